The summed E-state index contributed by atoms with van der Waals surface area (Å²) in [5.41, 5.74) is 32.6. The predicted molar refractivity (Wildman–Crippen MR) is 229 cm³/mol. The van der Waals surface area contributed by atoms with Crippen LogP contribution in [-0.2, 0) is 33.6 Å². The molecule has 62 heavy (non-hydrogen) atoms. The molecule has 6 amide bonds. The lowest BCUT2D eigenvalue weighted by molar-refractivity contribution is -0.145. The summed E-state index contributed by atoms with van der Waals surface area (Å²) < 4.78 is 0. The van der Waals surface area contributed by atoms with Gasteiger partial charge in [0.25, 0.3) is 0 Å². The number of carboxylic acid groups (broad SMARTS) is 1. The van der Waals surface area contributed by atoms with Crippen molar-refractivity contribution in [1.29, 1.82) is 0 Å². The van der Waals surface area contributed by atoms with Gasteiger partial charge < -0.3 is 81.4 Å². The number of hydrogen-bond donors (Lipinski definition) is 14. The summed E-state index contributed by atoms with van der Waals surface area (Å²) in [6.45, 7) is 3.95. The highest BCUT2D eigenvalue weighted by Crippen LogP contribution is 2.21. The second-order valence-electron chi connectivity index (χ2n) is 15.6. The van der Waals surface area contributed by atoms with Gasteiger partial charge in [-0.15, -0.1) is 0 Å². The summed E-state index contributed by atoms with van der Waals surface area (Å²) in [4.78, 5) is 107. The van der Waals surface area contributed by atoms with Gasteiger partial charge in [-0.3, -0.25) is 43.7 Å². The molecule has 0 radical (unpaired) electrons. The number of carbonyl (C=O) groups is 7. The fraction of sp³-hybridized carbons (Fsp3) is 0.730. The van der Waals surface area contributed by atoms with Gasteiger partial charge in [0, 0.05) is 26.2 Å². The van der Waals surface area contributed by atoms with Crippen molar-refractivity contribution in [1.82, 2.24) is 36.8 Å². The molecular weight excluding hydrogens is 813 g/mol. The molecule has 2 rings (SSSR count). The van der Waals surface area contributed by atoms with Crippen molar-refractivity contribution in [3.05, 3.63) is 0 Å². The SMILES string of the molecule is CC(C)C[C@H](NC(=O)[C@H](CO)NC(=O)[C@@H]1CCCN1)C(=O)N[C@@H](CCCN=C(N)N)C(=O)N[C@@H](CCCN=C(N)N)C(=O)N1CCC[C@H]1C(=O)N[C@@H](CCCN=C(N)N)C(=O)O. The van der Waals surface area contributed by atoms with Crippen molar-refractivity contribution in [2.45, 2.75) is 127 Å². The number of aliphatic hydroxyl groups is 1. The zero-order chi connectivity index (χ0) is 46.4. The number of rotatable bonds is 27. The molecule has 2 heterocycles. The molecule has 0 unspecified atom stereocenters. The number of aliphatic hydroxyl groups excluding tert-OH is 1. The van der Waals surface area contributed by atoms with Crippen LogP contribution < -0.4 is 66.3 Å². The Morgan fingerprint density at radius 3 is 1.63 bits per heavy atom. The maximum Gasteiger partial charge on any atom is 0.326 e. The molecule has 0 aromatic carbocycles. The lowest BCUT2D eigenvalue weighted by Gasteiger charge is -2.31. The number of carboxylic acids is 1. The van der Waals surface area contributed by atoms with E-state index in [9.17, 15) is 43.8 Å². The highest BCUT2D eigenvalue weighted by molar-refractivity contribution is 5.97. The lowest BCUT2D eigenvalue weighted by atomic mass is 10.0. The number of hydrogen-bond acceptors (Lipinski definition) is 12. The van der Waals surface area contributed by atoms with Gasteiger partial charge in [0.05, 0.1) is 12.6 Å². The molecule has 2 fully saturated rings. The molecular formula is C37H68N16O9. The largest absolute Gasteiger partial charge is 0.480 e. The maximum atomic E-state index is 14.3. The van der Waals surface area contributed by atoms with Crippen LogP contribution in [0.5, 0.6) is 0 Å². The Balaban J connectivity index is 2.35. The Morgan fingerprint density at radius 2 is 1.13 bits per heavy atom. The van der Waals surface area contributed by atoms with E-state index in [0.717, 1.165) is 6.42 Å². The van der Waals surface area contributed by atoms with Crippen LogP contribution in [-0.4, -0.2) is 156 Å². The van der Waals surface area contributed by atoms with E-state index in [0.29, 0.717) is 19.4 Å². The van der Waals surface area contributed by atoms with Crippen molar-refractivity contribution >= 4 is 59.3 Å². The highest BCUT2D eigenvalue weighted by atomic mass is 16.4. The number of likely N-dealkylation sites (tertiary alicyclic amines) is 1. The fourth-order valence-corrected chi connectivity index (χ4v) is 6.96. The molecule has 0 aromatic rings. The number of carbonyl (C=O) groups excluding carboxylic acids is 6. The van der Waals surface area contributed by atoms with Gasteiger partial charge >= 0.3 is 5.97 Å². The van der Waals surface area contributed by atoms with E-state index in [2.05, 4.69) is 46.9 Å². The van der Waals surface area contributed by atoms with Crippen LogP contribution in [0.2, 0.25) is 0 Å². The molecule has 25 heteroatoms. The highest BCUT2D eigenvalue weighted by Gasteiger charge is 2.40. The molecule has 350 valence electrons. The molecule has 2 aliphatic rings. The number of nitrogens with two attached hydrogens (primary N) is 6. The maximum absolute atomic E-state index is 14.3. The third-order valence-corrected chi connectivity index (χ3v) is 10.1. The van der Waals surface area contributed by atoms with E-state index in [-0.39, 0.29) is 101 Å². The first kappa shape index (κ1) is 52.2. The Kier molecular flexibility index (Phi) is 22.8. The zero-order valence-corrected chi connectivity index (χ0v) is 35.6. The monoisotopic (exact) mass is 881 g/mol. The minimum atomic E-state index is -1.36. The average Bonchev–Trinajstić information content (AvgIpc) is 3.93. The lowest BCUT2D eigenvalue weighted by Crippen LogP contribution is -2.60. The standard InChI is InChI=1S/C37H68N16O9/c1-20(2)18-25(51-31(58)26(19-54)52-28(55)21-8-3-13-44-21)30(57)48-22(9-4-14-45-35(38)39)29(56)49-23(10-5-15-46-36(40)41)33(60)53-17-7-12-27(53)32(59)50-24(34(61)62)11-6-16-47-37(42)43/h20-27,44,54H,3-19H2,1-2H3,(H,48,57)(H,49,56)(H,50,59)(H,51,58)(H,52,55)(H,61,62)(H4,38,39,45)(H4,40,41,46)(H4,42,43,47)/t21-,22-,23-,24-,25-,26-,27-/m0/s1. The first-order chi connectivity index (χ1) is 29.3. The van der Waals surface area contributed by atoms with Crippen LogP contribution in [0.3, 0.4) is 0 Å². The van der Waals surface area contributed by atoms with Crippen LogP contribution in [0.25, 0.3) is 0 Å². The molecule has 0 aromatic heterocycles. The molecule has 0 aliphatic carbocycles. The smallest absolute Gasteiger partial charge is 0.326 e. The number of nitrogens with one attached hydrogen (secondary N) is 6. The first-order valence-electron chi connectivity index (χ1n) is 20.9. The summed E-state index contributed by atoms with van der Waals surface area (Å²) in [7, 11) is 0. The molecule has 0 saturated carbocycles. The van der Waals surface area contributed by atoms with E-state index in [1.165, 1.54) is 4.90 Å². The summed E-state index contributed by atoms with van der Waals surface area (Å²) >= 11 is 0. The third kappa shape index (κ3) is 18.7. The van der Waals surface area contributed by atoms with Crippen molar-refractivity contribution in [2.75, 3.05) is 39.3 Å². The van der Waals surface area contributed by atoms with E-state index < -0.39 is 90.3 Å². The Bertz CT molecular complexity index is 1610. The van der Waals surface area contributed by atoms with Gasteiger partial charge in [-0.1, -0.05) is 13.8 Å². The molecule has 2 saturated heterocycles. The van der Waals surface area contributed by atoms with E-state index in [1.807, 2.05) is 13.8 Å². The molecule has 25 nitrogen and oxygen atoms in total. The number of amides is 6. The van der Waals surface area contributed by atoms with Crippen molar-refractivity contribution in [2.24, 2.45) is 55.3 Å². The fourth-order valence-electron chi connectivity index (χ4n) is 6.96. The summed E-state index contributed by atoms with van der Waals surface area (Å²) in [6.07, 6.45) is 2.71. The average molecular weight is 881 g/mol. The van der Waals surface area contributed by atoms with Crippen LogP contribution in [0.4, 0.5) is 0 Å². The topological polar surface area (TPSA) is 429 Å². The first-order valence-corrected chi connectivity index (χ1v) is 20.9. The van der Waals surface area contributed by atoms with E-state index in [1.54, 1.807) is 0 Å². The molecule has 20 N–H and O–H groups in total. The Morgan fingerprint density at radius 1 is 0.645 bits per heavy atom. The second-order valence-corrected chi connectivity index (χ2v) is 15.6. The van der Waals surface area contributed by atoms with Crippen molar-refractivity contribution in [3.63, 3.8) is 0 Å². The van der Waals surface area contributed by atoms with Gasteiger partial charge in [-0.2, -0.15) is 0 Å². The van der Waals surface area contributed by atoms with Gasteiger partial charge in [-0.05, 0) is 83.1 Å². The number of nitrogens with zero attached hydrogens (tertiary/aromatic N) is 4. The molecule has 0 bridgehead atoms. The van der Waals surface area contributed by atoms with Crippen molar-refractivity contribution < 1.29 is 43.8 Å². The van der Waals surface area contributed by atoms with Crippen LogP contribution in [0, 0.1) is 5.92 Å². The second kappa shape index (κ2) is 27.1. The van der Waals surface area contributed by atoms with Crippen LogP contribution >= 0.6 is 0 Å². The van der Waals surface area contributed by atoms with E-state index in [4.69, 9.17) is 34.4 Å². The van der Waals surface area contributed by atoms with Gasteiger partial charge in [0.15, 0.2) is 17.9 Å². The van der Waals surface area contributed by atoms with Gasteiger partial charge in [0.2, 0.25) is 35.4 Å². The summed E-state index contributed by atoms with van der Waals surface area (Å²) in [5, 5.41) is 35.8. The molecule has 2 aliphatic heterocycles. The number of aliphatic imine (C=N–C) groups is 3. The number of aliphatic carboxylic acids is 1. The van der Waals surface area contributed by atoms with Gasteiger partial charge in [-0.25, -0.2) is 4.79 Å². The van der Waals surface area contributed by atoms with Crippen molar-refractivity contribution in [3.8, 4) is 0 Å². The summed E-state index contributed by atoms with van der Waals surface area (Å²) in [5.74, 6) is -6.13. The third-order valence-electron chi connectivity index (χ3n) is 10.1. The normalized spacial score (nSPS) is 18.2. The Labute approximate surface area is 360 Å². The van der Waals surface area contributed by atoms with Crippen LogP contribution in [0.1, 0.15) is 84.5 Å². The molecule has 0 spiro atoms. The minimum Gasteiger partial charge on any atom is -0.480 e. The Hall–Kier alpha value is -5.98. The molecule has 7 atom stereocenters. The van der Waals surface area contributed by atoms with E-state index >= 15 is 0 Å². The number of guanidine groups is 3. The van der Waals surface area contributed by atoms with Crippen LogP contribution in [0.15, 0.2) is 15.0 Å². The summed E-state index contributed by atoms with van der Waals surface area (Å²) in [6, 6.07) is -8.01. The zero-order valence-electron chi connectivity index (χ0n) is 35.6. The van der Waals surface area contributed by atoms with Gasteiger partial charge in [0.1, 0.15) is 36.3 Å². The predicted octanol–water partition coefficient (Wildman–Crippen LogP) is -5.56. The quantitative estimate of drug-likeness (QED) is 0.0208. The minimum absolute atomic E-state index is 0.0000785.